The van der Waals surface area contributed by atoms with Gasteiger partial charge in [0.05, 0.1) is 17.0 Å². The highest BCUT2D eigenvalue weighted by atomic mass is 35.5. The number of guanidine groups is 1. The van der Waals surface area contributed by atoms with Gasteiger partial charge in [-0.1, -0.05) is 35.9 Å². The first-order chi connectivity index (χ1) is 12.7. The Balaban J connectivity index is 2.04. The molecule has 142 valence electrons. The van der Waals surface area contributed by atoms with E-state index < -0.39 is 11.7 Å². The highest BCUT2D eigenvalue weighted by molar-refractivity contribution is 6.30. The Morgan fingerprint density at radius 2 is 1.41 bits per heavy atom. The molecule has 9 heteroatoms. The van der Waals surface area contributed by atoms with Gasteiger partial charge in [-0.15, -0.1) is 5.10 Å². The van der Waals surface area contributed by atoms with E-state index in [1.54, 1.807) is 26.0 Å². The first kappa shape index (κ1) is 20.4. The normalized spacial score (nSPS) is 13.6. The molecule has 0 bridgehead atoms. The van der Waals surface area contributed by atoms with Gasteiger partial charge < -0.3 is 5.73 Å². The van der Waals surface area contributed by atoms with Crippen molar-refractivity contribution in [3.63, 3.8) is 0 Å². The third kappa shape index (κ3) is 6.10. The SMILES string of the molecule is C/C(=N\N=C(N)N/N=C(\C)c1ccc(Cl)cc1)c1ccc(C(F)(F)F)cc1. The second-order valence-electron chi connectivity index (χ2n) is 5.56. The molecular formula is C18H17ClF3N5. The number of hydrogen-bond acceptors (Lipinski definition) is 3. The van der Waals surface area contributed by atoms with Gasteiger partial charge in [0, 0.05) is 5.02 Å². The van der Waals surface area contributed by atoms with Crippen LogP contribution in [0, 0.1) is 0 Å². The summed E-state index contributed by atoms with van der Waals surface area (Å²) >= 11 is 5.83. The number of hydrogen-bond donors (Lipinski definition) is 2. The van der Waals surface area contributed by atoms with Crippen LogP contribution in [0.4, 0.5) is 13.2 Å². The van der Waals surface area contributed by atoms with Gasteiger partial charge in [-0.25, -0.2) is 5.43 Å². The quantitative estimate of drug-likeness (QED) is 0.457. The molecule has 0 aromatic heterocycles. The van der Waals surface area contributed by atoms with E-state index in [9.17, 15) is 13.2 Å². The Morgan fingerprint density at radius 3 is 1.96 bits per heavy atom. The molecule has 2 rings (SSSR count). The third-order valence-electron chi connectivity index (χ3n) is 3.54. The first-order valence-corrected chi connectivity index (χ1v) is 8.16. The van der Waals surface area contributed by atoms with E-state index in [-0.39, 0.29) is 5.96 Å². The molecule has 0 aliphatic rings. The Kier molecular flexibility index (Phi) is 6.57. The predicted octanol–water partition coefficient (Wildman–Crippen LogP) is 4.41. The molecule has 0 heterocycles. The van der Waals surface area contributed by atoms with Crippen LogP contribution in [0.1, 0.15) is 30.5 Å². The molecular weight excluding hydrogens is 379 g/mol. The summed E-state index contributed by atoms with van der Waals surface area (Å²) in [7, 11) is 0. The Hall–Kier alpha value is -2.87. The van der Waals surface area contributed by atoms with Gasteiger partial charge in [-0.3, -0.25) is 0 Å². The van der Waals surface area contributed by atoms with Crippen molar-refractivity contribution in [2.45, 2.75) is 20.0 Å². The van der Waals surface area contributed by atoms with Crippen molar-refractivity contribution in [1.29, 1.82) is 0 Å². The summed E-state index contributed by atoms with van der Waals surface area (Å²) in [6.45, 7) is 3.39. The van der Waals surface area contributed by atoms with Crippen LogP contribution in [-0.4, -0.2) is 17.4 Å². The van der Waals surface area contributed by atoms with E-state index in [4.69, 9.17) is 17.3 Å². The fourth-order valence-electron chi connectivity index (χ4n) is 2.01. The van der Waals surface area contributed by atoms with E-state index in [0.29, 0.717) is 22.0 Å². The van der Waals surface area contributed by atoms with Crippen LogP contribution in [0.5, 0.6) is 0 Å². The van der Waals surface area contributed by atoms with Gasteiger partial charge in [0.2, 0.25) is 5.96 Å². The third-order valence-corrected chi connectivity index (χ3v) is 3.79. The lowest BCUT2D eigenvalue weighted by atomic mass is 10.1. The van der Waals surface area contributed by atoms with Crippen LogP contribution in [-0.2, 0) is 6.18 Å². The lowest BCUT2D eigenvalue weighted by molar-refractivity contribution is -0.137. The molecule has 0 saturated heterocycles. The Labute approximate surface area is 159 Å². The molecule has 0 aliphatic heterocycles. The van der Waals surface area contributed by atoms with E-state index in [1.165, 1.54) is 12.1 Å². The number of benzene rings is 2. The number of nitrogens with one attached hydrogen (secondary N) is 1. The largest absolute Gasteiger partial charge is 0.416 e. The molecule has 0 atom stereocenters. The monoisotopic (exact) mass is 395 g/mol. The zero-order chi connectivity index (χ0) is 20.0. The van der Waals surface area contributed by atoms with Crippen molar-refractivity contribution in [2.24, 2.45) is 21.0 Å². The smallest absolute Gasteiger partial charge is 0.367 e. The molecule has 2 aromatic rings. The molecule has 0 saturated carbocycles. The summed E-state index contributed by atoms with van der Waals surface area (Å²) in [5.41, 5.74) is 9.94. The van der Waals surface area contributed by atoms with Crippen molar-refractivity contribution >= 4 is 29.0 Å². The zero-order valence-electron chi connectivity index (χ0n) is 14.5. The molecule has 27 heavy (non-hydrogen) atoms. The minimum Gasteiger partial charge on any atom is -0.367 e. The minimum absolute atomic E-state index is 0.0606. The number of halogens is 4. The maximum Gasteiger partial charge on any atom is 0.416 e. The van der Waals surface area contributed by atoms with Crippen LogP contribution < -0.4 is 11.2 Å². The van der Waals surface area contributed by atoms with Crippen molar-refractivity contribution in [3.8, 4) is 0 Å². The second kappa shape index (κ2) is 8.68. The summed E-state index contributed by atoms with van der Waals surface area (Å²) in [5, 5.41) is 12.4. The summed E-state index contributed by atoms with van der Waals surface area (Å²) in [5.74, 6) is -0.0606. The molecule has 2 aromatic carbocycles. The van der Waals surface area contributed by atoms with E-state index >= 15 is 0 Å². The standard InChI is InChI=1S/C18H17ClF3N5/c1-11(13-3-7-15(8-4-13)18(20,21)22)24-26-17(23)27-25-12(2)14-5-9-16(19)10-6-14/h3-10H,1-2H3,(H3,23,26,27)/b24-11+,25-12+. The van der Waals surface area contributed by atoms with Crippen molar-refractivity contribution < 1.29 is 13.2 Å². The topological polar surface area (TPSA) is 75.1 Å². The van der Waals surface area contributed by atoms with Crippen molar-refractivity contribution in [2.75, 3.05) is 0 Å². The van der Waals surface area contributed by atoms with Crippen LogP contribution in [0.15, 0.2) is 63.8 Å². The minimum atomic E-state index is -4.38. The van der Waals surface area contributed by atoms with E-state index in [2.05, 4.69) is 20.7 Å². The number of rotatable bonds is 4. The van der Waals surface area contributed by atoms with Crippen LogP contribution in [0.3, 0.4) is 0 Å². The molecule has 3 N–H and O–H groups in total. The van der Waals surface area contributed by atoms with Gasteiger partial charge in [-0.2, -0.15) is 23.4 Å². The number of nitrogens with two attached hydrogens (primary N) is 1. The summed E-state index contributed by atoms with van der Waals surface area (Å²) in [6.07, 6.45) is -4.38. The molecule has 0 unspecified atom stereocenters. The van der Waals surface area contributed by atoms with Crippen LogP contribution in [0.2, 0.25) is 5.02 Å². The fourth-order valence-corrected chi connectivity index (χ4v) is 2.13. The van der Waals surface area contributed by atoms with Gasteiger partial charge >= 0.3 is 6.18 Å². The number of alkyl halides is 3. The Bertz CT molecular complexity index is 869. The lowest BCUT2D eigenvalue weighted by Gasteiger charge is -2.07. The van der Waals surface area contributed by atoms with Gasteiger partial charge in [-0.05, 0) is 49.2 Å². The zero-order valence-corrected chi connectivity index (χ0v) is 15.3. The number of hydrazone groups is 1. The summed E-state index contributed by atoms with van der Waals surface area (Å²) < 4.78 is 37.7. The highest BCUT2D eigenvalue weighted by Crippen LogP contribution is 2.29. The van der Waals surface area contributed by atoms with Crippen LogP contribution in [0.25, 0.3) is 0 Å². The maximum absolute atomic E-state index is 12.6. The molecule has 0 aliphatic carbocycles. The van der Waals surface area contributed by atoms with Gasteiger partial charge in [0.25, 0.3) is 0 Å². The highest BCUT2D eigenvalue weighted by Gasteiger charge is 2.29. The van der Waals surface area contributed by atoms with E-state index in [0.717, 1.165) is 17.7 Å². The first-order valence-electron chi connectivity index (χ1n) is 7.78. The second-order valence-corrected chi connectivity index (χ2v) is 6.00. The van der Waals surface area contributed by atoms with Crippen molar-refractivity contribution in [3.05, 3.63) is 70.2 Å². The average molecular weight is 396 g/mol. The molecule has 5 nitrogen and oxygen atoms in total. The summed E-state index contributed by atoms with van der Waals surface area (Å²) in [6, 6.07) is 11.7. The molecule has 0 spiro atoms. The van der Waals surface area contributed by atoms with Gasteiger partial charge in [0.1, 0.15) is 0 Å². The van der Waals surface area contributed by atoms with Crippen molar-refractivity contribution in [1.82, 2.24) is 5.43 Å². The fraction of sp³-hybridized carbons (Fsp3) is 0.167. The molecule has 0 amide bonds. The van der Waals surface area contributed by atoms with Crippen LogP contribution >= 0.6 is 11.6 Å². The maximum atomic E-state index is 12.6. The van der Waals surface area contributed by atoms with E-state index in [1.807, 2.05) is 12.1 Å². The average Bonchev–Trinajstić information content (AvgIpc) is 2.64. The lowest BCUT2D eigenvalue weighted by Crippen LogP contribution is -2.27. The molecule has 0 fully saturated rings. The Morgan fingerprint density at radius 1 is 0.889 bits per heavy atom. The summed E-state index contributed by atoms with van der Waals surface area (Å²) in [4.78, 5) is 0. The van der Waals surface area contributed by atoms with Gasteiger partial charge in [0.15, 0.2) is 0 Å². The predicted molar refractivity (Wildman–Crippen MR) is 102 cm³/mol. The molecule has 0 radical (unpaired) electrons. The number of nitrogens with zero attached hydrogens (tertiary/aromatic N) is 3.